The van der Waals surface area contributed by atoms with Crippen LogP contribution in [0.4, 0.5) is 5.69 Å². The number of rotatable bonds is 9. The fourth-order valence-electron chi connectivity index (χ4n) is 2.44. The quantitative estimate of drug-likeness (QED) is 0.529. The van der Waals surface area contributed by atoms with Crippen LogP contribution in [0.5, 0.6) is 0 Å². The summed E-state index contributed by atoms with van der Waals surface area (Å²) in [6.07, 6.45) is -0.234. The van der Waals surface area contributed by atoms with E-state index in [0.717, 1.165) is 11.1 Å². The van der Waals surface area contributed by atoms with Crippen molar-refractivity contribution in [2.24, 2.45) is 0 Å². The molecular weight excluding hydrogens is 336 g/mol. The molecule has 1 unspecified atom stereocenters. The van der Waals surface area contributed by atoms with Gasteiger partial charge in [0.25, 0.3) is 5.69 Å². The number of hydrogen-bond donors (Lipinski definition) is 2. The first-order chi connectivity index (χ1) is 12.5. The predicted octanol–water partition coefficient (Wildman–Crippen LogP) is 2.31. The topological polar surface area (TPSA) is 102 Å². The summed E-state index contributed by atoms with van der Waals surface area (Å²) in [6, 6.07) is 13.7. The highest BCUT2D eigenvalue weighted by Crippen LogP contribution is 2.17. The molecule has 2 aromatic carbocycles. The molecule has 0 heterocycles. The highest BCUT2D eigenvalue weighted by molar-refractivity contribution is 5.78. The van der Waals surface area contributed by atoms with Crippen molar-refractivity contribution >= 4 is 11.6 Å². The van der Waals surface area contributed by atoms with Gasteiger partial charge in [0, 0.05) is 18.7 Å². The van der Waals surface area contributed by atoms with Crippen LogP contribution in [-0.2, 0) is 16.0 Å². The Morgan fingerprint density at radius 3 is 2.42 bits per heavy atom. The number of carbonyl (C=O) groups is 1. The SMILES string of the molecule is Cc1ccc(C(CNC(=O)Cc2ccc([N+](=O)[O-])cc2)OCCO)cc1. The second kappa shape index (κ2) is 9.65. The fraction of sp³-hybridized carbons (Fsp3) is 0.316. The molecule has 0 aliphatic rings. The van der Waals surface area contributed by atoms with E-state index in [0.29, 0.717) is 5.56 Å². The Morgan fingerprint density at radius 2 is 1.85 bits per heavy atom. The average molecular weight is 358 g/mol. The van der Waals surface area contributed by atoms with Gasteiger partial charge in [0.15, 0.2) is 0 Å². The number of nitro groups is 1. The van der Waals surface area contributed by atoms with E-state index in [4.69, 9.17) is 9.84 Å². The molecule has 0 aromatic heterocycles. The van der Waals surface area contributed by atoms with E-state index in [1.165, 1.54) is 12.1 Å². The van der Waals surface area contributed by atoms with E-state index in [2.05, 4.69) is 5.32 Å². The number of carbonyl (C=O) groups excluding carboxylic acids is 1. The molecule has 2 aromatic rings. The number of benzene rings is 2. The zero-order valence-electron chi connectivity index (χ0n) is 14.6. The smallest absolute Gasteiger partial charge is 0.269 e. The molecule has 26 heavy (non-hydrogen) atoms. The van der Waals surface area contributed by atoms with Gasteiger partial charge in [-0.25, -0.2) is 0 Å². The van der Waals surface area contributed by atoms with Gasteiger partial charge in [0.2, 0.25) is 5.91 Å². The average Bonchev–Trinajstić information content (AvgIpc) is 2.63. The molecule has 0 fully saturated rings. The maximum absolute atomic E-state index is 12.1. The minimum absolute atomic E-state index is 0.00834. The first kappa shape index (κ1) is 19.6. The van der Waals surface area contributed by atoms with Gasteiger partial charge in [-0.2, -0.15) is 0 Å². The van der Waals surface area contributed by atoms with Gasteiger partial charge < -0.3 is 15.2 Å². The van der Waals surface area contributed by atoms with E-state index in [1.54, 1.807) is 12.1 Å². The van der Waals surface area contributed by atoms with Crippen LogP contribution in [0.1, 0.15) is 22.8 Å². The largest absolute Gasteiger partial charge is 0.394 e. The van der Waals surface area contributed by atoms with Gasteiger partial charge in [-0.1, -0.05) is 42.0 Å². The predicted molar refractivity (Wildman–Crippen MR) is 96.8 cm³/mol. The summed E-state index contributed by atoms with van der Waals surface area (Å²) >= 11 is 0. The van der Waals surface area contributed by atoms with E-state index in [1.807, 2.05) is 31.2 Å². The second-order valence-electron chi connectivity index (χ2n) is 5.90. The van der Waals surface area contributed by atoms with Crippen molar-refractivity contribution in [1.82, 2.24) is 5.32 Å². The molecule has 0 spiro atoms. The summed E-state index contributed by atoms with van der Waals surface area (Å²) in [5.74, 6) is -0.205. The van der Waals surface area contributed by atoms with Crippen LogP contribution in [0.2, 0.25) is 0 Å². The Labute approximate surface area is 151 Å². The number of amides is 1. The summed E-state index contributed by atoms with van der Waals surface area (Å²) in [6.45, 7) is 2.34. The molecular formula is C19H22N2O5. The minimum Gasteiger partial charge on any atom is -0.394 e. The van der Waals surface area contributed by atoms with Crippen molar-refractivity contribution in [3.63, 3.8) is 0 Å². The second-order valence-corrected chi connectivity index (χ2v) is 5.90. The van der Waals surface area contributed by atoms with Crippen LogP contribution in [-0.4, -0.2) is 35.7 Å². The number of nitro benzene ring substituents is 1. The highest BCUT2D eigenvalue weighted by Gasteiger charge is 2.14. The molecule has 1 atom stereocenters. The van der Waals surface area contributed by atoms with Gasteiger partial charge in [-0.15, -0.1) is 0 Å². The lowest BCUT2D eigenvalue weighted by atomic mass is 10.1. The lowest BCUT2D eigenvalue weighted by Gasteiger charge is -2.19. The van der Waals surface area contributed by atoms with Crippen LogP contribution in [0.3, 0.4) is 0 Å². The number of non-ortho nitro benzene ring substituents is 1. The number of hydrogen-bond acceptors (Lipinski definition) is 5. The Hall–Kier alpha value is -2.77. The number of aliphatic hydroxyl groups is 1. The molecule has 0 radical (unpaired) electrons. The molecule has 2 N–H and O–H groups in total. The van der Waals surface area contributed by atoms with Gasteiger partial charge in [-0.05, 0) is 18.1 Å². The molecule has 7 nitrogen and oxygen atoms in total. The van der Waals surface area contributed by atoms with Crippen LogP contribution in [0.25, 0.3) is 0 Å². The monoisotopic (exact) mass is 358 g/mol. The normalized spacial score (nSPS) is 11.8. The van der Waals surface area contributed by atoms with Crippen molar-refractivity contribution in [2.75, 3.05) is 19.8 Å². The number of ether oxygens (including phenoxy) is 1. The van der Waals surface area contributed by atoms with Crippen molar-refractivity contribution in [3.8, 4) is 0 Å². The lowest BCUT2D eigenvalue weighted by molar-refractivity contribution is -0.384. The molecule has 7 heteroatoms. The van der Waals surface area contributed by atoms with Crippen molar-refractivity contribution < 1.29 is 19.6 Å². The molecule has 0 aliphatic carbocycles. The Balaban J connectivity index is 1.93. The van der Waals surface area contributed by atoms with Crippen LogP contribution >= 0.6 is 0 Å². The summed E-state index contributed by atoms with van der Waals surface area (Å²) in [5.41, 5.74) is 2.72. The zero-order chi connectivity index (χ0) is 18.9. The molecule has 138 valence electrons. The maximum Gasteiger partial charge on any atom is 0.269 e. The Kier molecular flexibility index (Phi) is 7.25. The van der Waals surface area contributed by atoms with Crippen LogP contribution in [0.15, 0.2) is 48.5 Å². The third-order valence-corrected chi connectivity index (χ3v) is 3.86. The van der Waals surface area contributed by atoms with E-state index in [9.17, 15) is 14.9 Å². The van der Waals surface area contributed by atoms with Crippen LogP contribution < -0.4 is 5.32 Å². The van der Waals surface area contributed by atoms with Gasteiger partial charge >= 0.3 is 0 Å². The molecule has 0 bridgehead atoms. The van der Waals surface area contributed by atoms with Crippen LogP contribution in [0, 0.1) is 17.0 Å². The fourth-order valence-corrected chi connectivity index (χ4v) is 2.44. The van der Waals surface area contributed by atoms with E-state index >= 15 is 0 Å². The van der Waals surface area contributed by atoms with Gasteiger partial charge in [-0.3, -0.25) is 14.9 Å². The number of nitrogens with zero attached hydrogens (tertiary/aromatic N) is 1. The third kappa shape index (κ3) is 5.94. The highest BCUT2D eigenvalue weighted by atomic mass is 16.6. The first-order valence-corrected chi connectivity index (χ1v) is 8.28. The first-order valence-electron chi connectivity index (χ1n) is 8.28. The van der Waals surface area contributed by atoms with Crippen molar-refractivity contribution in [1.29, 1.82) is 0 Å². The summed E-state index contributed by atoms with van der Waals surface area (Å²) in [7, 11) is 0. The number of nitrogens with one attached hydrogen (secondary N) is 1. The Bertz CT molecular complexity index is 729. The molecule has 0 saturated heterocycles. The van der Waals surface area contributed by atoms with Gasteiger partial charge in [0.05, 0.1) is 30.7 Å². The Morgan fingerprint density at radius 1 is 1.19 bits per heavy atom. The minimum atomic E-state index is -0.478. The molecule has 2 rings (SSSR count). The standard InChI is InChI=1S/C19H22N2O5/c1-14-2-6-16(7-3-14)18(26-11-10-22)13-20-19(23)12-15-4-8-17(9-5-15)21(24)25/h2-9,18,22H,10-13H2,1H3,(H,20,23). The molecule has 0 saturated carbocycles. The maximum atomic E-state index is 12.1. The summed E-state index contributed by atoms with van der Waals surface area (Å²) < 4.78 is 5.62. The van der Waals surface area contributed by atoms with E-state index in [-0.39, 0.29) is 43.9 Å². The van der Waals surface area contributed by atoms with Gasteiger partial charge in [0.1, 0.15) is 0 Å². The van der Waals surface area contributed by atoms with Crippen molar-refractivity contribution in [3.05, 3.63) is 75.3 Å². The number of aliphatic hydroxyl groups excluding tert-OH is 1. The lowest BCUT2D eigenvalue weighted by Crippen LogP contribution is -2.31. The van der Waals surface area contributed by atoms with E-state index < -0.39 is 4.92 Å². The molecule has 1 amide bonds. The number of aryl methyl sites for hydroxylation is 1. The zero-order valence-corrected chi connectivity index (χ0v) is 14.6. The molecule has 0 aliphatic heterocycles. The van der Waals surface area contributed by atoms with Crippen molar-refractivity contribution in [2.45, 2.75) is 19.4 Å². The summed E-state index contributed by atoms with van der Waals surface area (Å²) in [5, 5.41) is 22.4. The third-order valence-electron chi connectivity index (χ3n) is 3.86. The summed E-state index contributed by atoms with van der Waals surface area (Å²) in [4.78, 5) is 22.3.